The van der Waals surface area contributed by atoms with E-state index in [0.29, 0.717) is 18.8 Å². The molecule has 132 valence electrons. The highest BCUT2D eigenvalue weighted by atomic mass is 79.9. The highest BCUT2D eigenvalue weighted by Gasteiger charge is 2.17. The number of carbonyl (C=O) groups excluding carboxylic acids is 1. The maximum absolute atomic E-state index is 12.7. The lowest BCUT2D eigenvalue weighted by Crippen LogP contribution is -2.36. The fraction of sp³-hybridized carbons (Fsp3) is 0.316. The number of anilines is 2. The lowest BCUT2D eigenvalue weighted by atomic mass is 10.1. The molecule has 25 heavy (non-hydrogen) atoms. The molecule has 1 saturated heterocycles. The minimum Gasteiger partial charge on any atom is -0.378 e. The maximum Gasteiger partial charge on any atom is 0.255 e. The SMILES string of the molecule is CSCc1ccc(C(=O)Nc2cc(Br)ccc2N2CCOCC2)cc1. The molecule has 1 fully saturated rings. The second-order valence-corrected chi connectivity index (χ2v) is 7.63. The molecule has 0 aromatic heterocycles. The van der Waals surface area contributed by atoms with Gasteiger partial charge in [0.1, 0.15) is 0 Å². The molecule has 2 aromatic carbocycles. The van der Waals surface area contributed by atoms with Gasteiger partial charge in [-0.05, 0) is 42.2 Å². The zero-order chi connectivity index (χ0) is 17.6. The molecule has 0 unspecified atom stereocenters. The van der Waals surface area contributed by atoms with Crippen LogP contribution in [0.15, 0.2) is 46.9 Å². The summed E-state index contributed by atoms with van der Waals surface area (Å²) in [5.74, 6) is 0.859. The molecule has 2 aromatic rings. The summed E-state index contributed by atoms with van der Waals surface area (Å²) < 4.78 is 6.37. The number of benzene rings is 2. The summed E-state index contributed by atoms with van der Waals surface area (Å²) in [6.07, 6.45) is 2.07. The number of thioether (sulfide) groups is 1. The van der Waals surface area contributed by atoms with Crippen molar-refractivity contribution < 1.29 is 9.53 Å². The summed E-state index contributed by atoms with van der Waals surface area (Å²) >= 11 is 5.27. The van der Waals surface area contributed by atoms with Crippen molar-refractivity contribution in [1.82, 2.24) is 0 Å². The van der Waals surface area contributed by atoms with Gasteiger partial charge in [-0.3, -0.25) is 4.79 Å². The molecule has 0 saturated carbocycles. The van der Waals surface area contributed by atoms with E-state index in [4.69, 9.17) is 4.74 Å². The van der Waals surface area contributed by atoms with Gasteiger partial charge in [0.15, 0.2) is 0 Å². The molecule has 1 heterocycles. The largest absolute Gasteiger partial charge is 0.378 e. The van der Waals surface area contributed by atoms with E-state index in [9.17, 15) is 4.79 Å². The number of halogens is 1. The predicted molar refractivity (Wildman–Crippen MR) is 109 cm³/mol. The Hall–Kier alpha value is -1.50. The van der Waals surface area contributed by atoms with Crippen LogP contribution >= 0.6 is 27.7 Å². The van der Waals surface area contributed by atoms with Crippen LogP contribution in [-0.2, 0) is 10.5 Å². The Kier molecular flexibility index (Phi) is 6.39. The van der Waals surface area contributed by atoms with Crippen molar-refractivity contribution in [3.05, 3.63) is 58.1 Å². The van der Waals surface area contributed by atoms with Crippen molar-refractivity contribution in [2.45, 2.75) is 5.75 Å². The number of hydrogen-bond acceptors (Lipinski definition) is 4. The highest BCUT2D eigenvalue weighted by molar-refractivity contribution is 9.10. The van der Waals surface area contributed by atoms with Gasteiger partial charge >= 0.3 is 0 Å². The summed E-state index contributed by atoms with van der Waals surface area (Å²) in [7, 11) is 0. The zero-order valence-corrected chi connectivity index (χ0v) is 16.5. The zero-order valence-electron chi connectivity index (χ0n) is 14.1. The van der Waals surface area contributed by atoms with Crippen LogP contribution in [0.25, 0.3) is 0 Å². The van der Waals surface area contributed by atoms with E-state index in [-0.39, 0.29) is 5.91 Å². The average Bonchev–Trinajstić information content (AvgIpc) is 2.63. The highest BCUT2D eigenvalue weighted by Crippen LogP contribution is 2.30. The summed E-state index contributed by atoms with van der Waals surface area (Å²) in [6, 6.07) is 13.8. The van der Waals surface area contributed by atoms with Crippen molar-refractivity contribution in [3.8, 4) is 0 Å². The first kappa shape index (κ1) is 18.3. The van der Waals surface area contributed by atoms with Crippen molar-refractivity contribution in [2.24, 2.45) is 0 Å². The van der Waals surface area contributed by atoms with Gasteiger partial charge in [0.25, 0.3) is 5.91 Å². The molecule has 1 N–H and O–H groups in total. The fourth-order valence-electron chi connectivity index (χ4n) is 2.80. The van der Waals surface area contributed by atoms with Gasteiger partial charge in [-0.1, -0.05) is 28.1 Å². The molecule has 3 rings (SSSR count). The van der Waals surface area contributed by atoms with Crippen molar-refractivity contribution >= 4 is 45.0 Å². The number of carbonyl (C=O) groups is 1. The van der Waals surface area contributed by atoms with Crippen LogP contribution in [0.1, 0.15) is 15.9 Å². The first-order valence-electron chi connectivity index (χ1n) is 8.19. The Morgan fingerprint density at radius 2 is 1.92 bits per heavy atom. The van der Waals surface area contributed by atoms with E-state index in [1.807, 2.05) is 42.5 Å². The Morgan fingerprint density at radius 1 is 1.20 bits per heavy atom. The number of nitrogens with zero attached hydrogens (tertiary/aromatic N) is 1. The molecule has 0 aliphatic carbocycles. The van der Waals surface area contributed by atoms with Gasteiger partial charge in [0.2, 0.25) is 0 Å². The molecule has 1 aliphatic rings. The lowest BCUT2D eigenvalue weighted by molar-refractivity contribution is 0.102. The van der Waals surface area contributed by atoms with E-state index in [2.05, 4.69) is 32.4 Å². The van der Waals surface area contributed by atoms with E-state index < -0.39 is 0 Å². The molecule has 1 amide bonds. The van der Waals surface area contributed by atoms with Crippen LogP contribution in [0.4, 0.5) is 11.4 Å². The third kappa shape index (κ3) is 4.77. The number of amides is 1. The summed E-state index contributed by atoms with van der Waals surface area (Å²) in [6.45, 7) is 3.07. The molecule has 0 bridgehead atoms. The molecule has 1 aliphatic heterocycles. The second kappa shape index (κ2) is 8.74. The van der Waals surface area contributed by atoms with Crippen molar-refractivity contribution in [2.75, 3.05) is 42.8 Å². The molecular weight excluding hydrogens is 400 g/mol. The molecule has 0 spiro atoms. The van der Waals surface area contributed by atoms with E-state index in [1.54, 1.807) is 11.8 Å². The Morgan fingerprint density at radius 3 is 2.60 bits per heavy atom. The molecule has 6 heteroatoms. The lowest BCUT2D eigenvalue weighted by Gasteiger charge is -2.30. The molecule has 0 radical (unpaired) electrons. The average molecular weight is 421 g/mol. The normalized spacial score (nSPS) is 14.4. The van der Waals surface area contributed by atoms with Crippen LogP contribution in [0, 0.1) is 0 Å². The summed E-state index contributed by atoms with van der Waals surface area (Å²) in [5.41, 5.74) is 3.73. The minimum atomic E-state index is -0.0942. The number of morpholine rings is 1. The quantitative estimate of drug-likeness (QED) is 0.777. The van der Waals surface area contributed by atoms with Gasteiger partial charge in [0, 0.05) is 28.9 Å². The second-order valence-electron chi connectivity index (χ2n) is 5.84. The number of hydrogen-bond donors (Lipinski definition) is 1. The van der Waals surface area contributed by atoms with Gasteiger partial charge in [-0.25, -0.2) is 0 Å². The van der Waals surface area contributed by atoms with Crippen LogP contribution in [-0.4, -0.2) is 38.5 Å². The van der Waals surface area contributed by atoms with E-state index in [0.717, 1.165) is 34.7 Å². The third-order valence-corrected chi connectivity index (χ3v) is 5.20. The van der Waals surface area contributed by atoms with Crippen molar-refractivity contribution in [1.29, 1.82) is 0 Å². The van der Waals surface area contributed by atoms with Crippen LogP contribution in [0.2, 0.25) is 0 Å². The number of rotatable bonds is 5. The smallest absolute Gasteiger partial charge is 0.255 e. The Labute approximate surface area is 161 Å². The maximum atomic E-state index is 12.7. The standard InChI is InChI=1S/C19H21BrN2O2S/c1-25-13-14-2-4-15(5-3-14)19(23)21-17-12-16(20)6-7-18(17)22-8-10-24-11-9-22/h2-7,12H,8-11,13H2,1H3,(H,21,23). The van der Waals surface area contributed by atoms with Crippen molar-refractivity contribution in [3.63, 3.8) is 0 Å². The fourth-order valence-corrected chi connectivity index (χ4v) is 3.69. The van der Waals surface area contributed by atoms with Crippen LogP contribution < -0.4 is 10.2 Å². The third-order valence-electron chi connectivity index (χ3n) is 4.09. The minimum absolute atomic E-state index is 0.0942. The Balaban J connectivity index is 1.79. The molecule has 0 atom stereocenters. The molecule has 4 nitrogen and oxygen atoms in total. The first-order valence-corrected chi connectivity index (χ1v) is 10.4. The van der Waals surface area contributed by atoms with Crippen LogP contribution in [0.3, 0.4) is 0 Å². The van der Waals surface area contributed by atoms with E-state index in [1.165, 1.54) is 5.56 Å². The Bertz CT molecular complexity index is 731. The molecular formula is C19H21BrN2O2S. The van der Waals surface area contributed by atoms with Crippen LogP contribution in [0.5, 0.6) is 0 Å². The van der Waals surface area contributed by atoms with Gasteiger partial charge in [-0.15, -0.1) is 0 Å². The number of nitrogens with one attached hydrogen (secondary N) is 1. The summed E-state index contributed by atoms with van der Waals surface area (Å²) in [5, 5.41) is 3.06. The van der Waals surface area contributed by atoms with Gasteiger partial charge in [0.05, 0.1) is 24.6 Å². The topological polar surface area (TPSA) is 41.6 Å². The predicted octanol–water partition coefficient (Wildman–Crippen LogP) is 4.40. The monoisotopic (exact) mass is 420 g/mol. The summed E-state index contributed by atoms with van der Waals surface area (Å²) in [4.78, 5) is 14.9. The van der Waals surface area contributed by atoms with Gasteiger partial charge in [-0.2, -0.15) is 11.8 Å². The van der Waals surface area contributed by atoms with E-state index >= 15 is 0 Å². The first-order chi connectivity index (χ1) is 12.2. The van der Waals surface area contributed by atoms with Gasteiger partial charge < -0.3 is 15.0 Å². The number of ether oxygens (including phenoxy) is 1.